The second-order valence-electron chi connectivity index (χ2n) is 4.24. The van der Waals surface area contributed by atoms with Crippen LogP contribution in [0.1, 0.15) is 0 Å². The van der Waals surface area contributed by atoms with Gasteiger partial charge in [-0.25, -0.2) is 4.79 Å². The van der Waals surface area contributed by atoms with Gasteiger partial charge in [-0.15, -0.1) is 0 Å². The van der Waals surface area contributed by atoms with E-state index in [0.717, 1.165) is 4.90 Å². The molecule has 0 aromatic rings. The van der Waals surface area contributed by atoms with E-state index in [-0.39, 0.29) is 19.0 Å². The molecule has 0 spiro atoms. The number of piperazine rings is 1. The zero-order valence-electron chi connectivity index (χ0n) is 10.5. The van der Waals surface area contributed by atoms with Crippen molar-refractivity contribution in [2.24, 2.45) is 5.73 Å². The number of carboxylic acids is 1. The van der Waals surface area contributed by atoms with Crippen LogP contribution in [0, 0.1) is 0 Å². The molecule has 0 aromatic carbocycles. The standard InChI is InChI=1S/C10H16N4O5/c1-12-2-3-13(5-8(12)16)10(19)14(4-7(11)15)6-9(17)18/h2-6H2,1H3,(H2,11,15)(H,17,18). The van der Waals surface area contributed by atoms with Gasteiger partial charge in [0.15, 0.2) is 0 Å². The lowest BCUT2D eigenvalue weighted by molar-refractivity contribution is -0.138. The predicted octanol–water partition coefficient (Wildman–Crippen LogP) is -2.25. The minimum Gasteiger partial charge on any atom is -0.480 e. The number of carbonyl (C=O) groups excluding carboxylic acids is 3. The number of aliphatic carboxylic acids is 1. The third-order valence-corrected chi connectivity index (χ3v) is 2.67. The number of hydrogen-bond acceptors (Lipinski definition) is 4. The first-order chi connectivity index (χ1) is 8.81. The van der Waals surface area contributed by atoms with Gasteiger partial charge < -0.3 is 25.5 Å². The minimum absolute atomic E-state index is 0.135. The van der Waals surface area contributed by atoms with E-state index in [0.29, 0.717) is 6.54 Å². The zero-order chi connectivity index (χ0) is 14.6. The van der Waals surface area contributed by atoms with E-state index >= 15 is 0 Å². The molecule has 106 valence electrons. The van der Waals surface area contributed by atoms with E-state index in [1.807, 2.05) is 0 Å². The van der Waals surface area contributed by atoms with Crippen LogP contribution in [0.2, 0.25) is 0 Å². The number of primary amides is 1. The summed E-state index contributed by atoms with van der Waals surface area (Å²) in [7, 11) is 1.61. The van der Waals surface area contributed by atoms with Gasteiger partial charge in [0.05, 0.1) is 0 Å². The smallest absolute Gasteiger partial charge is 0.323 e. The zero-order valence-corrected chi connectivity index (χ0v) is 10.5. The summed E-state index contributed by atoms with van der Waals surface area (Å²) in [5.74, 6) is -2.31. The van der Waals surface area contributed by atoms with Gasteiger partial charge in [-0.2, -0.15) is 0 Å². The van der Waals surface area contributed by atoms with Crippen molar-refractivity contribution in [3.8, 4) is 0 Å². The number of carbonyl (C=O) groups is 4. The first-order valence-corrected chi connectivity index (χ1v) is 5.59. The summed E-state index contributed by atoms with van der Waals surface area (Å²) >= 11 is 0. The highest BCUT2D eigenvalue weighted by atomic mass is 16.4. The molecule has 1 rings (SSSR count). The molecule has 0 radical (unpaired) electrons. The molecule has 0 unspecified atom stereocenters. The molecule has 1 aliphatic heterocycles. The van der Waals surface area contributed by atoms with Crippen LogP contribution >= 0.6 is 0 Å². The second-order valence-corrected chi connectivity index (χ2v) is 4.24. The number of likely N-dealkylation sites (N-methyl/N-ethyl adjacent to an activating group) is 1. The molecule has 0 atom stereocenters. The van der Waals surface area contributed by atoms with E-state index in [1.54, 1.807) is 7.05 Å². The van der Waals surface area contributed by atoms with Crippen LogP contribution in [0.15, 0.2) is 0 Å². The molecule has 0 bridgehead atoms. The third-order valence-electron chi connectivity index (χ3n) is 2.67. The number of rotatable bonds is 4. The summed E-state index contributed by atoms with van der Waals surface area (Å²) in [6.45, 7) is -0.615. The van der Waals surface area contributed by atoms with Crippen LogP contribution in [-0.2, 0) is 14.4 Å². The van der Waals surface area contributed by atoms with Crippen molar-refractivity contribution in [2.75, 3.05) is 39.8 Å². The number of urea groups is 1. The van der Waals surface area contributed by atoms with Gasteiger partial charge in [-0.05, 0) is 0 Å². The molecule has 1 saturated heterocycles. The fraction of sp³-hybridized carbons (Fsp3) is 0.600. The van der Waals surface area contributed by atoms with Gasteiger partial charge in [0, 0.05) is 20.1 Å². The summed E-state index contributed by atoms with van der Waals surface area (Å²) in [6, 6.07) is -0.678. The Balaban J connectivity index is 2.72. The van der Waals surface area contributed by atoms with Crippen LogP contribution in [0.25, 0.3) is 0 Å². The average molecular weight is 272 g/mol. The van der Waals surface area contributed by atoms with Gasteiger partial charge in [0.2, 0.25) is 11.8 Å². The Bertz CT molecular complexity index is 395. The molecule has 1 aliphatic rings. The van der Waals surface area contributed by atoms with Gasteiger partial charge in [0.1, 0.15) is 19.6 Å². The van der Waals surface area contributed by atoms with Crippen molar-refractivity contribution in [3.63, 3.8) is 0 Å². The molecule has 0 aliphatic carbocycles. The van der Waals surface area contributed by atoms with Crippen molar-refractivity contribution in [2.45, 2.75) is 0 Å². The fourth-order valence-electron chi connectivity index (χ4n) is 1.66. The van der Waals surface area contributed by atoms with Crippen molar-refractivity contribution in [3.05, 3.63) is 0 Å². The topological polar surface area (TPSA) is 124 Å². The normalized spacial score (nSPS) is 15.3. The Morgan fingerprint density at radius 1 is 1.32 bits per heavy atom. The number of nitrogens with zero attached hydrogens (tertiary/aromatic N) is 3. The maximum Gasteiger partial charge on any atom is 0.323 e. The van der Waals surface area contributed by atoms with Gasteiger partial charge >= 0.3 is 12.0 Å². The monoisotopic (exact) mass is 272 g/mol. The van der Waals surface area contributed by atoms with Crippen molar-refractivity contribution in [1.29, 1.82) is 0 Å². The average Bonchev–Trinajstić information content (AvgIpc) is 2.29. The van der Waals surface area contributed by atoms with Crippen LogP contribution in [0.3, 0.4) is 0 Å². The molecule has 4 amide bonds. The summed E-state index contributed by atoms with van der Waals surface area (Å²) < 4.78 is 0. The quantitative estimate of drug-likeness (QED) is 0.598. The number of carboxylic acid groups (broad SMARTS) is 1. The molecule has 19 heavy (non-hydrogen) atoms. The van der Waals surface area contributed by atoms with Crippen LogP contribution < -0.4 is 5.73 Å². The Hall–Kier alpha value is -2.32. The number of nitrogens with two attached hydrogens (primary N) is 1. The van der Waals surface area contributed by atoms with Crippen LogP contribution in [0.5, 0.6) is 0 Å². The maximum atomic E-state index is 12.0. The lowest BCUT2D eigenvalue weighted by Gasteiger charge is -2.34. The third kappa shape index (κ3) is 4.12. The molecular formula is C10H16N4O5. The molecule has 0 saturated carbocycles. The van der Waals surface area contributed by atoms with E-state index in [4.69, 9.17) is 10.8 Å². The molecule has 3 N–H and O–H groups in total. The maximum absolute atomic E-state index is 12.0. The van der Waals surface area contributed by atoms with E-state index < -0.39 is 31.0 Å². The molecular weight excluding hydrogens is 256 g/mol. The van der Waals surface area contributed by atoms with Crippen LogP contribution in [-0.4, -0.2) is 83.4 Å². The molecule has 9 heteroatoms. The minimum atomic E-state index is -1.25. The highest BCUT2D eigenvalue weighted by molar-refractivity contribution is 5.89. The van der Waals surface area contributed by atoms with E-state index in [9.17, 15) is 19.2 Å². The largest absolute Gasteiger partial charge is 0.480 e. The lowest BCUT2D eigenvalue weighted by Crippen LogP contribution is -2.56. The van der Waals surface area contributed by atoms with Gasteiger partial charge in [-0.1, -0.05) is 0 Å². The SMILES string of the molecule is CN1CCN(C(=O)N(CC(N)=O)CC(=O)O)CC1=O. The Morgan fingerprint density at radius 3 is 2.42 bits per heavy atom. The summed E-state index contributed by atoms with van der Waals surface area (Å²) in [5.41, 5.74) is 4.97. The highest BCUT2D eigenvalue weighted by Gasteiger charge is 2.29. The molecule has 0 aromatic heterocycles. The predicted molar refractivity (Wildman–Crippen MR) is 63.0 cm³/mol. The summed E-state index contributed by atoms with van der Waals surface area (Å²) in [6.07, 6.45) is 0. The summed E-state index contributed by atoms with van der Waals surface area (Å²) in [4.78, 5) is 48.5. The molecule has 1 fully saturated rings. The Labute approximate surface area is 109 Å². The fourth-order valence-corrected chi connectivity index (χ4v) is 1.66. The van der Waals surface area contributed by atoms with Gasteiger partial charge in [-0.3, -0.25) is 14.4 Å². The number of hydrogen-bond donors (Lipinski definition) is 2. The van der Waals surface area contributed by atoms with E-state index in [1.165, 1.54) is 9.80 Å². The highest BCUT2D eigenvalue weighted by Crippen LogP contribution is 2.05. The van der Waals surface area contributed by atoms with Crippen molar-refractivity contribution in [1.82, 2.24) is 14.7 Å². The Morgan fingerprint density at radius 2 is 1.95 bits per heavy atom. The molecule has 9 nitrogen and oxygen atoms in total. The van der Waals surface area contributed by atoms with Gasteiger partial charge in [0.25, 0.3) is 0 Å². The first-order valence-electron chi connectivity index (χ1n) is 5.59. The first kappa shape index (κ1) is 14.7. The molecule has 1 heterocycles. The second kappa shape index (κ2) is 6.03. The lowest BCUT2D eigenvalue weighted by atomic mass is 10.3. The van der Waals surface area contributed by atoms with Crippen LogP contribution in [0.4, 0.5) is 4.79 Å². The summed E-state index contributed by atoms with van der Waals surface area (Å²) in [5, 5.41) is 8.70. The van der Waals surface area contributed by atoms with Crippen molar-refractivity contribution < 1.29 is 24.3 Å². The van der Waals surface area contributed by atoms with E-state index in [2.05, 4.69) is 0 Å². The number of amides is 4. The Kier molecular flexibility index (Phi) is 4.67. The van der Waals surface area contributed by atoms with Crippen molar-refractivity contribution >= 4 is 23.8 Å².